The summed E-state index contributed by atoms with van der Waals surface area (Å²) in [5.41, 5.74) is 2.66. The van der Waals surface area contributed by atoms with E-state index in [9.17, 15) is 9.67 Å². The number of allylic oxidation sites excluding steroid dienone is 1. The largest absolute Gasteiger partial charge is 0.507 e. The van der Waals surface area contributed by atoms with E-state index in [4.69, 9.17) is 13.8 Å². The first kappa shape index (κ1) is 27.9. The van der Waals surface area contributed by atoms with E-state index in [0.29, 0.717) is 18.8 Å². The number of rotatable bonds is 12. The van der Waals surface area contributed by atoms with Crippen molar-refractivity contribution in [3.63, 3.8) is 0 Å². The molecule has 0 radical (unpaired) electrons. The predicted octanol–water partition coefficient (Wildman–Crippen LogP) is 6.76. The lowest BCUT2D eigenvalue weighted by atomic mass is 9.78. The topological polar surface area (TPSA) is 65.0 Å². The van der Waals surface area contributed by atoms with Crippen LogP contribution in [0.15, 0.2) is 24.8 Å². The molecule has 0 bridgehead atoms. The van der Waals surface area contributed by atoms with Gasteiger partial charge in [0.2, 0.25) is 0 Å². The first-order valence-electron chi connectivity index (χ1n) is 11.1. The van der Waals surface area contributed by atoms with Gasteiger partial charge in [-0.1, -0.05) is 59.8 Å². The Hall–Kier alpha value is -1.13. The predicted molar refractivity (Wildman–Crippen MR) is 129 cm³/mol. The number of aryl methyl sites for hydroxylation is 1. The average Bonchev–Trinajstić information content (AvgIpc) is 2.68. The maximum Gasteiger partial charge on any atom is 0.332 e. The minimum atomic E-state index is -3.18. The van der Waals surface area contributed by atoms with Crippen molar-refractivity contribution in [2.45, 2.75) is 84.2 Å². The zero-order valence-corrected chi connectivity index (χ0v) is 21.7. The van der Waals surface area contributed by atoms with Crippen molar-refractivity contribution in [2.75, 3.05) is 27.0 Å². The van der Waals surface area contributed by atoms with E-state index in [1.54, 1.807) is 0 Å². The Morgan fingerprint density at radius 3 is 2.00 bits per heavy atom. The molecule has 1 aromatic rings. The van der Waals surface area contributed by atoms with Crippen LogP contribution in [0.1, 0.15) is 77.5 Å². The number of aromatic hydroxyl groups is 1. The summed E-state index contributed by atoms with van der Waals surface area (Å²) >= 11 is 0. The molecule has 1 N–H and O–H groups in total. The molecule has 0 saturated carbocycles. The lowest BCUT2D eigenvalue weighted by molar-refractivity contribution is 0.0569. The van der Waals surface area contributed by atoms with Gasteiger partial charge < -0.3 is 18.9 Å². The van der Waals surface area contributed by atoms with Crippen LogP contribution in [0.3, 0.4) is 0 Å². The SMILES string of the molecule is C=CCCCOC(CCc1cc(C(C)(C)C)c(O)c(C(C)(C)C)c1)CP(=O)(OC)OC. The third-order valence-corrected chi connectivity index (χ3v) is 7.40. The fourth-order valence-corrected chi connectivity index (χ4v) is 4.72. The van der Waals surface area contributed by atoms with Crippen LogP contribution in [-0.2, 0) is 35.6 Å². The van der Waals surface area contributed by atoms with Crippen LogP contribution in [0.4, 0.5) is 0 Å². The molecule has 0 aliphatic rings. The van der Waals surface area contributed by atoms with Crippen LogP contribution in [0, 0.1) is 0 Å². The molecular formula is C25H43O5P. The highest BCUT2D eigenvalue weighted by Gasteiger charge is 2.29. The van der Waals surface area contributed by atoms with E-state index >= 15 is 0 Å². The van der Waals surface area contributed by atoms with Gasteiger partial charge in [-0.2, -0.15) is 0 Å². The lowest BCUT2D eigenvalue weighted by Gasteiger charge is -2.28. The van der Waals surface area contributed by atoms with E-state index < -0.39 is 7.60 Å². The third kappa shape index (κ3) is 8.73. The molecule has 0 aliphatic heterocycles. The Balaban J connectivity index is 3.14. The second kappa shape index (κ2) is 11.7. The summed E-state index contributed by atoms with van der Waals surface area (Å²) in [7, 11) is -0.365. The number of benzene rings is 1. The minimum Gasteiger partial charge on any atom is -0.507 e. The number of phenols is 1. The maximum atomic E-state index is 12.7. The number of unbranched alkanes of at least 4 members (excludes halogenated alkanes) is 1. The number of phenolic OH excluding ortho intramolecular Hbond substituents is 1. The lowest BCUT2D eigenvalue weighted by Crippen LogP contribution is -2.21. The normalized spacial score (nSPS) is 13.9. The van der Waals surface area contributed by atoms with Gasteiger partial charge in [-0.25, -0.2) is 0 Å². The Morgan fingerprint density at radius 2 is 1.58 bits per heavy atom. The summed E-state index contributed by atoms with van der Waals surface area (Å²) in [4.78, 5) is 0. The van der Waals surface area contributed by atoms with Crippen LogP contribution >= 0.6 is 7.60 Å². The van der Waals surface area contributed by atoms with Crippen molar-refractivity contribution in [1.82, 2.24) is 0 Å². The number of ether oxygens (including phenoxy) is 1. The molecule has 178 valence electrons. The van der Waals surface area contributed by atoms with Gasteiger partial charge in [0, 0.05) is 20.8 Å². The zero-order chi connectivity index (χ0) is 23.9. The van der Waals surface area contributed by atoms with Crippen molar-refractivity contribution in [2.24, 2.45) is 0 Å². The van der Waals surface area contributed by atoms with Crippen LogP contribution < -0.4 is 0 Å². The second-order valence-electron chi connectivity index (χ2n) is 10.2. The van der Waals surface area contributed by atoms with Crippen LogP contribution in [-0.4, -0.2) is 38.2 Å². The molecule has 0 aliphatic carbocycles. The van der Waals surface area contributed by atoms with Gasteiger partial charge in [0.1, 0.15) is 5.75 Å². The fourth-order valence-electron chi connectivity index (χ4n) is 3.49. The second-order valence-corrected chi connectivity index (χ2v) is 12.5. The highest BCUT2D eigenvalue weighted by atomic mass is 31.2. The summed E-state index contributed by atoms with van der Waals surface area (Å²) in [6.07, 6.45) is 5.00. The molecule has 6 heteroatoms. The standard InChI is InChI=1S/C25H43O5P/c1-10-11-12-15-30-20(18-31(27,28-8)29-9)14-13-19-16-21(24(2,3)4)23(26)22(17-19)25(5,6)7/h10,16-17,20,26H,1,11-15,18H2,2-9H3. The summed E-state index contributed by atoms with van der Waals surface area (Å²) < 4.78 is 29.0. The van der Waals surface area contributed by atoms with Crippen LogP contribution in [0.25, 0.3) is 0 Å². The monoisotopic (exact) mass is 454 g/mol. The van der Waals surface area contributed by atoms with Gasteiger partial charge in [0.15, 0.2) is 0 Å². The summed E-state index contributed by atoms with van der Waals surface area (Å²) in [6.45, 7) is 17.0. The molecule has 0 saturated heterocycles. The molecule has 5 nitrogen and oxygen atoms in total. The molecule has 0 aromatic heterocycles. The minimum absolute atomic E-state index is 0.178. The van der Waals surface area contributed by atoms with E-state index in [0.717, 1.165) is 36.0 Å². The Kier molecular flexibility index (Phi) is 10.5. The summed E-state index contributed by atoms with van der Waals surface area (Å²) in [5, 5.41) is 10.9. The van der Waals surface area contributed by atoms with Gasteiger partial charge in [0.25, 0.3) is 0 Å². The summed E-state index contributed by atoms with van der Waals surface area (Å²) in [5.74, 6) is 0.379. The molecule has 31 heavy (non-hydrogen) atoms. The van der Waals surface area contributed by atoms with Gasteiger partial charge in [-0.15, -0.1) is 6.58 Å². The fraction of sp³-hybridized carbons (Fsp3) is 0.680. The van der Waals surface area contributed by atoms with E-state index in [-0.39, 0.29) is 23.1 Å². The quantitative estimate of drug-likeness (QED) is 0.215. The highest BCUT2D eigenvalue weighted by molar-refractivity contribution is 7.53. The average molecular weight is 455 g/mol. The molecule has 1 rings (SSSR count). The molecule has 0 heterocycles. The third-order valence-electron chi connectivity index (χ3n) is 5.43. The molecule has 0 spiro atoms. The molecule has 0 amide bonds. The Morgan fingerprint density at radius 1 is 1.06 bits per heavy atom. The maximum absolute atomic E-state index is 12.7. The first-order valence-corrected chi connectivity index (χ1v) is 12.8. The number of hydrogen-bond acceptors (Lipinski definition) is 5. The van der Waals surface area contributed by atoms with Gasteiger partial charge >= 0.3 is 7.60 Å². The van der Waals surface area contributed by atoms with Crippen molar-refractivity contribution in [3.05, 3.63) is 41.5 Å². The van der Waals surface area contributed by atoms with E-state index in [1.807, 2.05) is 6.08 Å². The van der Waals surface area contributed by atoms with Crippen molar-refractivity contribution in [3.8, 4) is 5.75 Å². The Labute approximate surface area is 189 Å². The molecule has 0 fully saturated rings. The molecule has 1 unspecified atom stereocenters. The number of hydrogen-bond donors (Lipinski definition) is 1. The van der Waals surface area contributed by atoms with Gasteiger partial charge in [-0.3, -0.25) is 4.57 Å². The van der Waals surface area contributed by atoms with E-state index in [1.165, 1.54) is 14.2 Å². The van der Waals surface area contributed by atoms with Crippen LogP contribution in [0.2, 0.25) is 0 Å². The van der Waals surface area contributed by atoms with Crippen molar-refractivity contribution < 1.29 is 23.5 Å². The zero-order valence-electron chi connectivity index (χ0n) is 20.8. The first-order chi connectivity index (χ1) is 14.3. The highest BCUT2D eigenvalue weighted by Crippen LogP contribution is 2.48. The molecular weight excluding hydrogens is 411 g/mol. The van der Waals surface area contributed by atoms with Crippen molar-refractivity contribution >= 4 is 7.60 Å². The van der Waals surface area contributed by atoms with Gasteiger partial charge in [-0.05, 0) is 53.2 Å². The molecule has 1 aromatic carbocycles. The van der Waals surface area contributed by atoms with Gasteiger partial charge in [0.05, 0.1) is 12.3 Å². The molecule has 1 atom stereocenters. The van der Waals surface area contributed by atoms with Crippen LogP contribution in [0.5, 0.6) is 5.75 Å². The smallest absolute Gasteiger partial charge is 0.332 e. The summed E-state index contributed by atoms with van der Waals surface area (Å²) in [6, 6.07) is 4.18. The van der Waals surface area contributed by atoms with E-state index in [2.05, 4.69) is 60.3 Å². The Bertz CT molecular complexity index is 715. The van der Waals surface area contributed by atoms with Crippen molar-refractivity contribution in [1.29, 1.82) is 0 Å².